The van der Waals surface area contributed by atoms with Gasteiger partial charge in [0.15, 0.2) is 4.60 Å². The van der Waals surface area contributed by atoms with Crippen LogP contribution in [0.4, 0.5) is 0 Å². The lowest BCUT2D eigenvalue weighted by Crippen LogP contribution is -1.99. The van der Waals surface area contributed by atoms with E-state index in [1.807, 2.05) is 6.92 Å². The molecule has 60 valence electrons. The lowest BCUT2D eigenvalue weighted by Gasteiger charge is -1.87. The van der Waals surface area contributed by atoms with Crippen molar-refractivity contribution in [1.82, 2.24) is 15.0 Å². The molecule has 0 fully saturated rings. The number of halogens is 1. The molecule has 1 aromatic rings. The number of aldehydes is 1. The summed E-state index contributed by atoms with van der Waals surface area (Å²) in [6, 6.07) is 0. The van der Waals surface area contributed by atoms with Crippen molar-refractivity contribution in [3.8, 4) is 0 Å². The van der Waals surface area contributed by atoms with Crippen LogP contribution in [0.2, 0.25) is 0 Å². The van der Waals surface area contributed by atoms with Crippen LogP contribution in [-0.4, -0.2) is 21.3 Å². The van der Waals surface area contributed by atoms with E-state index in [0.717, 1.165) is 12.8 Å². The summed E-state index contributed by atoms with van der Waals surface area (Å²) in [5, 5.41) is 8.06. The SMILES string of the molecule is CCn1nc(Br)c(CC=O)n1. The lowest BCUT2D eigenvalue weighted by molar-refractivity contribution is -0.107. The minimum absolute atomic E-state index is 0.320. The van der Waals surface area contributed by atoms with E-state index in [4.69, 9.17) is 0 Å². The van der Waals surface area contributed by atoms with E-state index in [2.05, 4.69) is 26.1 Å². The minimum Gasteiger partial charge on any atom is -0.303 e. The van der Waals surface area contributed by atoms with E-state index >= 15 is 0 Å². The highest BCUT2D eigenvalue weighted by molar-refractivity contribution is 9.10. The van der Waals surface area contributed by atoms with E-state index in [1.165, 1.54) is 0 Å². The van der Waals surface area contributed by atoms with Gasteiger partial charge in [0.05, 0.1) is 13.0 Å². The first-order valence-electron chi connectivity index (χ1n) is 3.31. The van der Waals surface area contributed by atoms with Crippen molar-refractivity contribution in [3.05, 3.63) is 10.3 Å². The summed E-state index contributed by atoms with van der Waals surface area (Å²) in [7, 11) is 0. The Labute approximate surface area is 72.7 Å². The molecule has 0 unspecified atom stereocenters. The third kappa shape index (κ3) is 1.86. The van der Waals surface area contributed by atoms with Crippen molar-refractivity contribution in [3.63, 3.8) is 0 Å². The summed E-state index contributed by atoms with van der Waals surface area (Å²) < 4.78 is 0.659. The van der Waals surface area contributed by atoms with Gasteiger partial charge in [0.2, 0.25) is 0 Å². The number of carbonyl (C=O) groups excluding carboxylic acids is 1. The third-order valence-electron chi connectivity index (χ3n) is 1.24. The van der Waals surface area contributed by atoms with Gasteiger partial charge in [-0.1, -0.05) is 0 Å². The lowest BCUT2D eigenvalue weighted by atomic mass is 10.4. The number of hydrogen-bond acceptors (Lipinski definition) is 3. The highest BCUT2D eigenvalue weighted by atomic mass is 79.9. The standard InChI is InChI=1S/C6H8BrN3O/c1-2-10-8-5(3-4-11)6(7)9-10/h4H,2-3H2,1H3. The van der Waals surface area contributed by atoms with Gasteiger partial charge in [-0.25, -0.2) is 0 Å². The number of hydrogen-bond donors (Lipinski definition) is 0. The number of aryl methyl sites for hydroxylation is 1. The Morgan fingerprint density at radius 2 is 2.36 bits per heavy atom. The van der Waals surface area contributed by atoms with E-state index in [0.29, 0.717) is 16.7 Å². The van der Waals surface area contributed by atoms with Crippen molar-refractivity contribution in [2.75, 3.05) is 0 Å². The number of aromatic nitrogens is 3. The highest BCUT2D eigenvalue weighted by Gasteiger charge is 2.05. The quantitative estimate of drug-likeness (QED) is 0.705. The van der Waals surface area contributed by atoms with Gasteiger partial charge in [-0.15, -0.1) is 5.10 Å². The summed E-state index contributed by atoms with van der Waals surface area (Å²) in [5.41, 5.74) is 0.696. The van der Waals surface area contributed by atoms with E-state index < -0.39 is 0 Å². The monoisotopic (exact) mass is 217 g/mol. The van der Waals surface area contributed by atoms with Crippen LogP contribution in [0.5, 0.6) is 0 Å². The van der Waals surface area contributed by atoms with Gasteiger partial charge in [-0.05, 0) is 22.9 Å². The fourth-order valence-corrected chi connectivity index (χ4v) is 1.13. The molecule has 0 aromatic carbocycles. The Kier molecular flexibility index (Phi) is 2.76. The number of rotatable bonds is 3. The molecule has 5 heteroatoms. The molecule has 1 aromatic heterocycles. The van der Waals surface area contributed by atoms with Crippen LogP contribution < -0.4 is 0 Å². The molecule has 1 heterocycles. The Bertz CT molecular complexity index is 258. The topological polar surface area (TPSA) is 47.8 Å². The summed E-state index contributed by atoms with van der Waals surface area (Å²) in [6.07, 6.45) is 1.13. The molecule has 1 rings (SSSR count). The van der Waals surface area contributed by atoms with Crippen molar-refractivity contribution in [2.24, 2.45) is 0 Å². The van der Waals surface area contributed by atoms with Gasteiger partial charge >= 0.3 is 0 Å². The third-order valence-corrected chi connectivity index (χ3v) is 1.85. The summed E-state index contributed by atoms with van der Waals surface area (Å²) in [6.45, 7) is 2.66. The van der Waals surface area contributed by atoms with Crippen LogP contribution in [0, 0.1) is 0 Å². The van der Waals surface area contributed by atoms with Gasteiger partial charge < -0.3 is 4.79 Å². The van der Waals surface area contributed by atoms with Gasteiger partial charge in [-0.2, -0.15) is 9.90 Å². The molecule has 0 saturated carbocycles. The first kappa shape index (κ1) is 8.39. The molecule has 0 radical (unpaired) electrons. The van der Waals surface area contributed by atoms with Crippen LogP contribution in [0.3, 0.4) is 0 Å². The highest BCUT2D eigenvalue weighted by Crippen LogP contribution is 2.10. The van der Waals surface area contributed by atoms with E-state index in [-0.39, 0.29) is 0 Å². The molecule has 0 amide bonds. The fourth-order valence-electron chi connectivity index (χ4n) is 0.707. The molecule has 0 aliphatic carbocycles. The van der Waals surface area contributed by atoms with Crippen LogP contribution in [0.1, 0.15) is 12.6 Å². The Balaban J connectivity index is 2.87. The predicted molar refractivity (Wildman–Crippen MR) is 43.2 cm³/mol. The summed E-state index contributed by atoms with van der Waals surface area (Å²) in [5.74, 6) is 0. The van der Waals surface area contributed by atoms with E-state index in [1.54, 1.807) is 4.80 Å². The van der Waals surface area contributed by atoms with Crippen molar-refractivity contribution >= 4 is 22.2 Å². The molecular weight excluding hydrogens is 210 g/mol. The molecule has 0 aliphatic rings. The maximum Gasteiger partial charge on any atom is 0.152 e. The number of nitrogens with zero attached hydrogens (tertiary/aromatic N) is 3. The Hall–Kier alpha value is -0.710. The zero-order chi connectivity index (χ0) is 8.27. The zero-order valence-corrected chi connectivity index (χ0v) is 7.71. The second-order valence-electron chi connectivity index (χ2n) is 2.00. The molecule has 0 atom stereocenters. The molecule has 0 spiro atoms. The van der Waals surface area contributed by atoms with Gasteiger partial charge in [-0.3, -0.25) is 0 Å². The van der Waals surface area contributed by atoms with Crippen LogP contribution in [0.15, 0.2) is 4.60 Å². The van der Waals surface area contributed by atoms with Crippen molar-refractivity contribution < 1.29 is 4.79 Å². The Morgan fingerprint density at radius 1 is 1.64 bits per heavy atom. The largest absolute Gasteiger partial charge is 0.303 e. The number of carbonyl (C=O) groups is 1. The molecule has 0 saturated heterocycles. The molecule has 0 aliphatic heterocycles. The first-order valence-corrected chi connectivity index (χ1v) is 4.10. The predicted octanol–water partition coefficient (Wildman–Crippen LogP) is 0.802. The van der Waals surface area contributed by atoms with E-state index in [9.17, 15) is 4.79 Å². The molecule has 0 bridgehead atoms. The maximum atomic E-state index is 10.1. The maximum absolute atomic E-state index is 10.1. The van der Waals surface area contributed by atoms with Crippen LogP contribution in [-0.2, 0) is 17.8 Å². The zero-order valence-electron chi connectivity index (χ0n) is 6.12. The normalized spacial score (nSPS) is 10.0. The summed E-state index contributed by atoms with van der Waals surface area (Å²) >= 11 is 3.21. The second kappa shape index (κ2) is 3.61. The molecule has 11 heavy (non-hydrogen) atoms. The average Bonchev–Trinajstić information content (AvgIpc) is 2.33. The molecule has 0 N–H and O–H groups in total. The Morgan fingerprint density at radius 3 is 2.82 bits per heavy atom. The van der Waals surface area contributed by atoms with Crippen molar-refractivity contribution in [1.29, 1.82) is 0 Å². The van der Waals surface area contributed by atoms with Gasteiger partial charge in [0, 0.05) is 0 Å². The van der Waals surface area contributed by atoms with Crippen LogP contribution >= 0.6 is 15.9 Å². The van der Waals surface area contributed by atoms with Gasteiger partial charge in [0.25, 0.3) is 0 Å². The first-order chi connectivity index (χ1) is 5.27. The van der Waals surface area contributed by atoms with Crippen LogP contribution in [0.25, 0.3) is 0 Å². The molecule has 4 nitrogen and oxygen atoms in total. The second-order valence-corrected chi connectivity index (χ2v) is 2.75. The smallest absolute Gasteiger partial charge is 0.152 e. The van der Waals surface area contributed by atoms with Gasteiger partial charge in [0.1, 0.15) is 12.0 Å². The van der Waals surface area contributed by atoms with Crippen molar-refractivity contribution in [2.45, 2.75) is 19.9 Å². The molecular formula is C6H8BrN3O. The average molecular weight is 218 g/mol. The minimum atomic E-state index is 0.320. The fraction of sp³-hybridized carbons (Fsp3) is 0.500. The summed E-state index contributed by atoms with van der Waals surface area (Å²) in [4.78, 5) is 11.7.